The molecule has 9 nitrogen and oxygen atoms in total. The summed E-state index contributed by atoms with van der Waals surface area (Å²) in [4.78, 5) is 28.4. The van der Waals surface area contributed by atoms with E-state index in [9.17, 15) is 22.4 Å². The Hall–Kier alpha value is -3.83. The lowest BCUT2D eigenvalue weighted by Crippen LogP contribution is -2.52. The lowest BCUT2D eigenvalue weighted by molar-refractivity contribution is -0.140. The number of amides is 2. The van der Waals surface area contributed by atoms with Crippen LogP contribution in [0.25, 0.3) is 0 Å². The maximum Gasteiger partial charge on any atom is 0.264 e. The topological polar surface area (TPSA) is 105 Å². The van der Waals surface area contributed by atoms with Crippen LogP contribution < -0.4 is 19.1 Å². The van der Waals surface area contributed by atoms with Crippen molar-refractivity contribution in [3.63, 3.8) is 0 Å². The van der Waals surface area contributed by atoms with Gasteiger partial charge in [-0.05, 0) is 66.9 Å². The highest BCUT2D eigenvalue weighted by Crippen LogP contribution is 2.32. The lowest BCUT2D eigenvalue weighted by atomic mass is 10.1. The highest BCUT2D eigenvalue weighted by Gasteiger charge is 2.34. The maximum absolute atomic E-state index is 14.0. The number of benzene rings is 3. The first-order valence-electron chi connectivity index (χ1n) is 13.4. The van der Waals surface area contributed by atoms with Crippen LogP contribution in [0.4, 0.5) is 10.1 Å². The molecule has 3 aromatic rings. The zero-order chi connectivity index (χ0) is 30.9. The second-order valence-corrected chi connectivity index (χ2v) is 11.7. The van der Waals surface area contributed by atoms with Gasteiger partial charge in [0.15, 0.2) is 11.5 Å². The first kappa shape index (κ1) is 32.7. The third kappa shape index (κ3) is 7.92. The van der Waals surface area contributed by atoms with Gasteiger partial charge in [0.2, 0.25) is 11.8 Å². The fraction of sp³-hybridized carbons (Fsp3) is 0.333. The average molecular weight is 620 g/mol. The van der Waals surface area contributed by atoms with Gasteiger partial charge in [-0.25, -0.2) is 12.8 Å². The van der Waals surface area contributed by atoms with Crippen LogP contribution in [0.15, 0.2) is 71.6 Å². The van der Waals surface area contributed by atoms with Gasteiger partial charge >= 0.3 is 0 Å². The van der Waals surface area contributed by atoms with Crippen LogP contribution in [0.5, 0.6) is 11.5 Å². The third-order valence-corrected chi connectivity index (χ3v) is 8.56. The Morgan fingerprint density at radius 1 is 0.952 bits per heavy atom. The first-order chi connectivity index (χ1) is 20.0. The molecule has 2 amide bonds. The Morgan fingerprint density at radius 2 is 1.60 bits per heavy atom. The number of methoxy groups -OCH3 is 2. The normalized spacial score (nSPS) is 11.9. The molecule has 226 valence electrons. The van der Waals surface area contributed by atoms with Crippen LogP contribution in [-0.4, -0.2) is 58.5 Å². The second kappa shape index (κ2) is 14.9. The third-order valence-electron chi connectivity index (χ3n) is 6.54. The number of halogens is 2. The summed E-state index contributed by atoms with van der Waals surface area (Å²) in [7, 11) is -1.59. The molecule has 0 bridgehead atoms. The van der Waals surface area contributed by atoms with Crippen molar-refractivity contribution in [2.45, 2.75) is 44.2 Å². The van der Waals surface area contributed by atoms with E-state index in [-0.39, 0.29) is 35.2 Å². The number of anilines is 1. The molecule has 0 aliphatic carbocycles. The molecule has 42 heavy (non-hydrogen) atoms. The van der Waals surface area contributed by atoms with Gasteiger partial charge in [0, 0.05) is 24.2 Å². The molecule has 0 radical (unpaired) electrons. The van der Waals surface area contributed by atoms with Gasteiger partial charge in [-0.15, -0.1) is 0 Å². The van der Waals surface area contributed by atoms with Crippen molar-refractivity contribution in [2.75, 3.05) is 31.6 Å². The van der Waals surface area contributed by atoms with E-state index in [1.807, 2.05) is 6.92 Å². The number of hydrogen-bond acceptors (Lipinski definition) is 6. The van der Waals surface area contributed by atoms with Crippen LogP contribution in [0.3, 0.4) is 0 Å². The fourth-order valence-corrected chi connectivity index (χ4v) is 5.87. The predicted molar refractivity (Wildman–Crippen MR) is 160 cm³/mol. The van der Waals surface area contributed by atoms with Crippen molar-refractivity contribution in [3.8, 4) is 11.5 Å². The van der Waals surface area contributed by atoms with Gasteiger partial charge in [0.25, 0.3) is 10.0 Å². The number of carbonyl (C=O) groups is 2. The number of nitrogens with zero attached hydrogens (tertiary/aromatic N) is 2. The molecule has 0 heterocycles. The van der Waals surface area contributed by atoms with Crippen molar-refractivity contribution in [2.24, 2.45) is 0 Å². The van der Waals surface area contributed by atoms with E-state index in [0.717, 1.165) is 16.4 Å². The minimum Gasteiger partial charge on any atom is -0.493 e. The number of ether oxygens (including phenoxy) is 2. The van der Waals surface area contributed by atoms with Crippen molar-refractivity contribution in [3.05, 3.63) is 83.1 Å². The van der Waals surface area contributed by atoms with Crippen LogP contribution in [0.2, 0.25) is 5.02 Å². The smallest absolute Gasteiger partial charge is 0.264 e. The van der Waals surface area contributed by atoms with E-state index in [0.29, 0.717) is 29.3 Å². The van der Waals surface area contributed by atoms with Gasteiger partial charge in [0.05, 0.1) is 24.8 Å². The Bertz CT molecular complexity index is 1470. The molecule has 0 saturated heterocycles. The molecule has 0 fully saturated rings. The average Bonchev–Trinajstić information content (AvgIpc) is 2.99. The highest BCUT2D eigenvalue weighted by molar-refractivity contribution is 7.92. The van der Waals surface area contributed by atoms with Crippen LogP contribution in [0, 0.1) is 5.82 Å². The van der Waals surface area contributed by atoms with E-state index >= 15 is 0 Å². The standard InChI is InChI=1S/C30H35ClFN3O6S/c1-5-17-33-30(37)26(6-2)34(19-21-7-9-22(31)10-8-21)29(36)20-35(24-13-11-23(32)12-14-24)42(38,39)25-15-16-27(40-3)28(18-25)41-4/h7-16,18,26H,5-6,17,19-20H2,1-4H3,(H,33,37)/t26-/m1/s1. The zero-order valence-corrected chi connectivity index (χ0v) is 25.5. The van der Waals surface area contributed by atoms with E-state index in [1.165, 1.54) is 49.5 Å². The van der Waals surface area contributed by atoms with Crippen molar-refractivity contribution < 1.29 is 31.9 Å². The predicted octanol–water partition coefficient (Wildman–Crippen LogP) is 5.03. The molecule has 0 spiro atoms. The van der Waals surface area contributed by atoms with Gasteiger partial charge in [-0.1, -0.05) is 37.6 Å². The summed E-state index contributed by atoms with van der Waals surface area (Å²) in [5, 5.41) is 3.34. The van der Waals surface area contributed by atoms with E-state index in [1.54, 1.807) is 31.2 Å². The van der Waals surface area contributed by atoms with Crippen LogP contribution in [0.1, 0.15) is 32.3 Å². The molecular weight excluding hydrogens is 585 g/mol. The maximum atomic E-state index is 14.0. The number of rotatable bonds is 14. The van der Waals surface area contributed by atoms with Crippen LogP contribution in [-0.2, 0) is 26.2 Å². The first-order valence-corrected chi connectivity index (χ1v) is 15.2. The highest BCUT2D eigenvalue weighted by atomic mass is 35.5. The molecule has 0 aromatic heterocycles. The zero-order valence-electron chi connectivity index (χ0n) is 24.0. The summed E-state index contributed by atoms with van der Waals surface area (Å²) in [6.07, 6.45) is 0.989. The Balaban J connectivity index is 2.08. The summed E-state index contributed by atoms with van der Waals surface area (Å²) in [5.74, 6) is -1.06. The molecule has 0 aliphatic heterocycles. The molecule has 0 unspecified atom stereocenters. The Labute approximate surface area is 251 Å². The minimum atomic E-state index is -4.39. The molecule has 3 aromatic carbocycles. The Morgan fingerprint density at radius 3 is 2.17 bits per heavy atom. The SMILES string of the molecule is CCCNC(=O)[C@@H](CC)N(Cc1ccc(Cl)cc1)C(=O)CN(c1ccc(F)cc1)S(=O)(=O)c1ccc(OC)c(OC)c1. The Kier molecular flexibility index (Phi) is 11.6. The van der Waals surface area contributed by atoms with Crippen molar-refractivity contribution >= 4 is 39.1 Å². The van der Waals surface area contributed by atoms with E-state index in [4.69, 9.17) is 21.1 Å². The molecule has 12 heteroatoms. The van der Waals surface area contributed by atoms with Crippen LogP contribution >= 0.6 is 11.6 Å². The van der Waals surface area contributed by atoms with Crippen molar-refractivity contribution in [1.29, 1.82) is 0 Å². The molecule has 0 saturated carbocycles. The molecular formula is C30H35ClFN3O6S. The summed E-state index contributed by atoms with van der Waals surface area (Å²) in [6, 6.07) is 14.7. The number of carbonyl (C=O) groups excluding carboxylic acids is 2. The lowest BCUT2D eigenvalue weighted by Gasteiger charge is -2.33. The van der Waals surface area contributed by atoms with Gasteiger partial charge in [-0.2, -0.15) is 0 Å². The van der Waals surface area contributed by atoms with E-state index < -0.39 is 34.3 Å². The van der Waals surface area contributed by atoms with Gasteiger partial charge < -0.3 is 19.7 Å². The summed E-state index contributed by atoms with van der Waals surface area (Å²) in [5.41, 5.74) is 0.764. The number of sulfonamides is 1. The van der Waals surface area contributed by atoms with Crippen molar-refractivity contribution in [1.82, 2.24) is 10.2 Å². The fourth-order valence-electron chi connectivity index (χ4n) is 4.31. The molecule has 1 atom stereocenters. The van der Waals surface area contributed by atoms with Gasteiger partial charge in [-0.3, -0.25) is 13.9 Å². The summed E-state index contributed by atoms with van der Waals surface area (Å²) < 4.78 is 53.3. The number of hydrogen-bond donors (Lipinski definition) is 1. The second-order valence-electron chi connectivity index (χ2n) is 9.37. The van der Waals surface area contributed by atoms with Gasteiger partial charge in [0.1, 0.15) is 18.4 Å². The summed E-state index contributed by atoms with van der Waals surface area (Å²) >= 11 is 6.04. The monoisotopic (exact) mass is 619 g/mol. The molecule has 0 aliphatic rings. The molecule has 3 rings (SSSR count). The number of nitrogens with one attached hydrogen (secondary N) is 1. The molecule has 1 N–H and O–H groups in total. The minimum absolute atomic E-state index is 0.0295. The quantitative estimate of drug-likeness (QED) is 0.272. The largest absolute Gasteiger partial charge is 0.493 e. The summed E-state index contributed by atoms with van der Waals surface area (Å²) in [6.45, 7) is 3.48. The van der Waals surface area contributed by atoms with E-state index in [2.05, 4.69) is 5.32 Å².